The molecule has 5 rings (SSSR count). The minimum Gasteiger partial charge on any atom is -0.497 e. The van der Waals surface area contributed by atoms with Crippen molar-refractivity contribution in [3.8, 4) is 5.75 Å². The van der Waals surface area contributed by atoms with Crippen LogP contribution in [0.1, 0.15) is 25.3 Å². The topological polar surface area (TPSA) is 80.6 Å². The third kappa shape index (κ3) is 3.96. The molecule has 4 aromatic rings. The molecule has 0 spiro atoms. The monoisotopic (exact) mass is 491 g/mol. The Labute approximate surface area is 205 Å². The predicted octanol–water partition coefficient (Wildman–Crippen LogP) is 4.92. The number of hydrogen-bond donors (Lipinski definition) is 1. The van der Waals surface area contributed by atoms with E-state index in [0.29, 0.717) is 36.4 Å². The molecule has 1 fully saturated rings. The lowest BCUT2D eigenvalue weighted by molar-refractivity contribution is -0.119. The van der Waals surface area contributed by atoms with Gasteiger partial charge in [-0.05, 0) is 62.6 Å². The van der Waals surface area contributed by atoms with Gasteiger partial charge in [-0.25, -0.2) is 8.42 Å². The van der Waals surface area contributed by atoms with Crippen LogP contribution in [0.2, 0.25) is 0 Å². The van der Waals surface area contributed by atoms with Crippen molar-refractivity contribution < 1.29 is 17.9 Å². The van der Waals surface area contributed by atoms with Crippen LogP contribution in [0.15, 0.2) is 65.6 Å². The van der Waals surface area contributed by atoms with E-state index < -0.39 is 16.1 Å². The molecule has 1 atom stereocenters. The average Bonchev–Trinajstić information content (AvgIpc) is 3.48. The van der Waals surface area contributed by atoms with E-state index in [1.54, 1.807) is 19.1 Å². The molecule has 0 unspecified atom stereocenters. The van der Waals surface area contributed by atoms with Crippen molar-refractivity contribution in [3.63, 3.8) is 0 Å². The molecule has 0 radical (unpaired) electrons. The van der Waals surface area contributed by atoms with E-state index in [1.807, 2.05) is 30.3 Å². The second-order valence-corrected chi connectivity index (χ2v) is 10.7. The molecule has 3 aromatic carbocycles. The predicted molar refractivity (Wildman–Crippen MR) is 138 cm³/mol. The van der Waals surface area contributed by atoms with Gasteiger partial charge in [-0.2, -0.15) is 4.31 Å². The van der Waals surface area contributed by atoms with Crippen molar-refractivity contribution in [2.24, 2.45) is 0 Å². The summed E-state index contributed by atoms with van der Waals surface area (Å²) in [4.78, 5) is 13.5. The molecular weight excluding hydrogens is 462 g/mol. The van der Waals surface area contributed by atoms with Crippen molar-refractivity contribution in [2.45, 2.75) is 44.2 Å². The fourth-order valence-corrected chi connectivity index (χ4v) is 7.00. The summed E-state index contributed by atoms with van der Waals surface area (Å²) in [6, 6.07) is 18.3. The number of rotatable bonds is 6. The van der Waals surface area contributed by atoms with Gasteiger partial charge in [0, 0.05) is 46.6 Å². The van der Waals surface area contributed by atoms with Crippen molar-refractivity contribution in [2.75, 3.05) is 19.0 Å². The number of ether oxygens (including phenoxy) is 1. The summed E-state index contributed by atoms with van der Waals surface area (Å²) in [5.74, 6) is 0.152. The van der Waals surface area contributed by atoms with Gasteiger partial charge in [0.25, 0.3) is 0 Å². The second-order valence-electron chi connectivity index (χ2n) is 8.89. The first-order chi connectivity index (χ1) is 16.8. The molecule has 1 amide bonds. The molecule has 7 nitrogen and oxygen atoms in total. The number of methoxy groups -OCH3 is 1. The van der Waals surface area contributed by atoms with Crippen LogP contribution in [0.3, 0.4) is 0 Å². The lowest BCUT2D eigenvalue weighted by Gasteiger charge is -2.24. The maximum Gasteiger partial charge on any atom is 0.244 e. The number of carbonyl (C=O) groups is 1. The van der Waals surface area contributed by atoms with Crippen molar-refractivity contribution >= 4 is 43.4 Å². The van der Waals surface area contributed by atoms with Crippen LogP contribution in [0, 0.1) is 6.92 Å². The summed E-state index contributed by atoms with van der Waals surface area (Å²) in [5, 5.41) is 5.16. The summed E-state index contributed by atoms with van der Waals surface area (Å²) in [6.07, 6.45) is 1.11. The van der Waals surface area contributed by atoms with Gasteiger partial charge < -0.3 is 14.6 Å². The Kier molecular flexibility index (Phi) is 6.02. The quantitative estimate of drug-likeness (QED) is 0.415. The molecular formula is C27H29N3O4S. The molecule has 1 N–H and O–H groups in total. The van der Waals surface area contributed by atoms with E-state index >= 15 is 0 Å². The number of sulfonamides is 1. The zero-order chi connectivity index (χ0) is 24.7. The molecule has 2 heterocycles. The van der Waals surface area contributed by atoms with Gasteiger partial charge in [0.2, 0.25) is 15.9 Å². The minimum atomic E-state index is -3.86. The number of benzene rings is 3. The van der Waals surface area contributed by atoms with Gasteiger partial charge in [-0.1, -0.05) is 24.3 Å². The Morgan fingerprint density at radius 3 is 2.60 bits per heavy atom. The second kappa shape index (κ2) is 9.02. The van der Waals surface area contributed by atoms with E-state index in [9.17, 15) is 13.2 Å². The van der Waals surface area contributed by atoms with Crippen LogP contribution in [-0.2, 0) is 21.4 Å². The highest BCUT2D eigenvalue weighted by Gasteiger charge is 2.40. The molecule has 8 heteroatoms. The van der Waals surface area contributed by atoms with Crippen molar-refractivity contribution in [3.05, 3.63) is 66.2 Å². The summed E-state index contributed by atoms with van der Waals surface area (Å²) >= 11 is 0. The summed E-state index contributed by atoms with van der Waals surface area (Å²) in [7, 11) is -2.36. The third-order valence-corrected chi connectivity index (χ3v) is 8.89. The van der Waals surface area contributed by atoms with Crippen molar-refractivity contribution in [1.29, 1.82) is 0 Å². The highest BCUT2D eigenvalue weighted by molar-refractivity contribution is 7.89. The Bertz CT molecular complexity index is 1540. The molecule has 1 aromatic heterocycles. The lowest BCUT2D eigenvalue weighted by atomic mass is 10.1. The smallest absolute Gasteiger partial charge is 0.244 e. The van der Waals surface area contributed by atoms with Gasteiger partial charge in [0.15, 0.2) is 0 Å². The van der Waals surface area contributed by atoms with E-state index in [-0.39, 0.29) is 10.8 Å². The Balaban J connectivity index is 1.45. The van der Waals surface area contributed by atoms with Crippen LogP contribution in [0.4, 0.5) is 5.69 Å². The first kappa shape index (κ1) is 23.4. The zero-order valence-corrected chi connectivity index (χ0v) is 20.9. The maximum absolute atomic E-state index is 13.5. The molecule has 0 saturated carbocycles. The fourth-order valence-electron chi connectivity index (χ4n) is 5.10. The number of para-hydroxylation sites is 1. The normalized spacial score (nSPS) is 16.7. The molecule has 1 saturated heterocycles. The highest BCUT2D eigenvalue weighted by atomic mass is 32.2. The van der Waals surface area contributed by atoms with Gasteiger partial charge in [0.05, 0.1) is 12.0 Å². The van der Waals surface area contributed by atoms with E-state index in [1.165, 1.54) is 17.5 Å². The Morgan fingerprint density at radius 2 is 1.83 bits per heavy atom. The summed E-state index contributed by atoms with van der Waals surface area (Å²) < 4.78 is 35.9. The standard InChI is InChI=1S/C27H29N3O4S/c1-4-29-23-9-6-5-8-21(23)22-16-19(12-14-24(22)29)28-27(31)25-10-7-15-30(25)35(32,33)26-17-20(34-3)13-11-18(26)2/h5-6,8-9,11-14,16-17,25H,4,7,10,15H2,1-3H3,(H,28,31)/t25-/m1/s1. The number of amides is 1. The Morgan fingerprint density at radius 1 is 1.06 bits per heavy atom. The van der Waals surface area contributed by atoms with Crippen LogP contribution < -0.4 is 10.1 Å². The highest BCUT2D eigenvalue weighted by Crippen LogP contribution is 2.33. The first-order valence-corrected chi connectivity index (χ1v) is 13.3. The largest absolute Gasteiger partial charge is 0.497 e. The third-order valence-electron chi connectivity index (χ3n) is 6.84. The molecule has 182 valence electrons. The van der Waals surface area contributed by atoms with Crippen LogP contribution in [-0.4, -0.2) is 42.9 Å². The van der Waals surface area contributed by atoms with Crippen LogP contribution in [0.25, 0.3) is 21.8 Å². The Hall–Kier alpha value is -3.36. The van der Waals surface area contributed by atoms with Crippen LogP contribution in [0.5, 0.6) is 5.75 Å². The first-order valence-electron chi connectivity index (χ1n) is 11.8. The van der Waals surface area contributed by atoms with Gasteiger partial charge in [0.1, 0.15) is 11.8 Å². The average molecular weight is 492 g/mol. The number of aryl methyl sites for hydroxylation is 2. The number of hydrogen-bond acceptors (Lipinski definition) is 4. The van der Waals surface area contributed by atoms with Gasteiger partial charge in [-0.3, -0.25) is 4.79 Å². The van der Waals surface area contributed by atoms with Crippen molar-refractivity contribution in [1.82, 2.24) is 8.87 Å². The molecule has 1 aliphatic rings. The van der Waals surface area contributed by atoms with Gasteiger partial charge >= 0.3 is 0 Å². The van der Waals surface area contributed by atoms with Gasteiger partial charge in [-0.15, -0.1) is 0 Å². The molecule has 35 heavy (non-hydrogen) atoms. The molecule has 1 aliphatic heterocycles. The lowest BCUT2D eigenvalue weighted by Crippen LogP contribution is -2.43. The van der Waals surface area contributed by atoms with E-state index in [2.05, 4.69) is 28.9 Å². The number of anilines is 1. The number of nitrogens with one attached hydrogen (secondary N) is 1. The fraction of sp³-hybridized carbons (Fsp3) is 0.296. The number of fused-ring (bicyclic) bond motifs is 3. The zero-order valence-electron chi connectivity index (χ0n) is 20.1. The van der Waals surface area contributed by atoms with E-state index in [4.69, 9.17) is 4.74 Å². The molecule has 0 bridgehead atoms. The molecule has 0 aliphatic carbocycles. The maximum atomic E-state index is 13.5. The summed E-state index contributed by atoms with van der Waals surface area (Å²) in [6.45, 7) is 5.01. The minimum absolute atomic E-state index is 0.172. The number of carbonyl (C=O) groups excluding carboxylic acids is 1. The van der Waals surface area contributed by atoms with E-state index in [0.717, 1.165) is 28.4 Å². The number of nitrogens with zero attached hydrogens (tertiary/aromatic N) is 2. The SMILES string of the molecule is CCn1c2ccccc2c2cc(NC(=O)[C@H]3CCCN3S(=O)(=O)c3cc(OC)ccc3C)ccc21. The van der Waals surface area contributed by atoms with Crippen LogP contribution >= 0.6 is 0 Å². The number of aromatic nitrogens is 1. The summed E-state index contributed by atoms with van der Waals surface area (Å²) in [5.41, 5.74) is 3.53.